The molecule has 138 valence electrons. The molecule has 0 saturated carbocycles. The first-order chi connectivity index (χ1) is 12.4. The van der Waals surface area contributed by atoms with Crippen molar-refractivity contribution in [2.75, 3.05) is 18.9 Å². The highest BCUT2D eigenvalue weighted by molar-refractivity contribution is 7.90. The second-order valence-electron chi connectivity index (χ2n) is 6.05. The number of hydrogen-bond donors (Lipinski definition) is 1. The first-order valence-corrected chi connectivity index (χ1v) is 10.0. The van der Waals surface area contributed by atoms with Crippen molar-refractivity contribution in [1.29, 1.82) is 0 Å². The van der Waals surface area contributed by atoms with Crippen molar-refractivity contribution >= 4 is 21.8 Å². The zero-order valence-corrected chi connectivity index (χ0v) is 15.5. The van der Waals surface area contributed by atoms with Crippen molar-refractivity contribution in [3.05, 3.63) is 53.8 Å². The van der Waals surface area contributed by atoms with Gasteiger partial charge in [-0.15, -0.1) is 4.40 Å². The molecule has 2 aliphatic rings. The Balaban J connectivity index is 1.70. The number of amides is 1. The monoisotopic (exact) mass is 375 g/mol. The molecule has 1 amide bonds. The van der Waals surface area contributed by atoms with E-state index in [4.69, 9.17) is 4.74 Å². The first kappa shape index (κ1) is 18.2. The van der Waals surface area contributed by atoms with Gasteiger partial charge in [0, 0.05) is 12.7 Å². The van der Waals surface area contributed by atoms with Crippen molar-refractivity contribution in [3.63, 3.8) is 0 Å². The van der Waals surface area contributed by atoms with Crippen molar-refractivity contribution in [2.45, 2.75) is 19.9 Å². The zero-order chi connectivity index (χ0) is 18.7. The van der Waals surface area contributed by atoms with Gasteiger partial charge in [-0.25, -0.2) is 8.42 Å². The Kier molecular flexibility index (Phi) is 5.13. The van der Waals surface area contributed by atoms with E-state index in [2.05, 4.69) is 9.71 Å². The maximum absolute atomic E-state index is 12.5. The maximum Gasteiger partial charge on any atom is 0.256 e. The smallest absolute Gasteiger partial charge is 0.256 e. The largest absolute Gasteiger partial charge is 0.494 e. The Morgan fingerprint density at radius 1 is 1.38 bits per heavy atom. The van der Waals surface area contributed by atoms with E-state index in [1.807, 2.05) is 38.1 Å². The molecule has 0 radical (unpaired) electrons. The average molecular weight is 375 g/mol. The summed E-state index contributed by atoms with van der Waals surface area (Å²) in [5.41, 5.74) is 1.40. The summed E-state index contributed by atoms with van der Waals surface area (Å²) >= 11 is 0. The van der Waals surface area contributed by atoms with Crippen LogP contribution in [0.4, 0.5) is 0 Å². The van der Waals surface area contributed by atoms with E-state index in [9.17, 15) is 13.2 Å². The Labute approximate surface area is 153 Å². The molecule has 1 N–H and O–H groups in total. The van der Waals surface area contributed by atoms with Gasteiger partial charge in [0.2, 0.25) is 0 Å². The van der Waals surface area contributed by atoms with Gasteiger partial charge in [-0.05, 0) is 43.7 Å². The van der Waals surface area contributed by atoms with E-state index >= 15 is 0 Å². The normalized spacial score (nSPS) is 19.1. The number of nitrogens with zero attached hydrogens (tertiary/aromatic N) is 2. The molecule has 0 saturated heterocycles. The van der Waals surface area contributed by atoms with Crippen molar-refractivity contribution in [3.8, 4) is 5.75 Å². The second kappa shape index (κ2) is 7.33. The van der Waals surface area contributed by atoms with Crippen LogP contribution in [-0.4, -0.2) is 44.0 Å². The molecule has 0 unspecified atom stereocenters. The summed E-state index contributed by atoms with van der Waals surface area (Å²) in [5, 5.41) is 2.95. The highest BCUT2D eigenvalue weighted by Gasteiger charge is 2.25. The number of nitrogens with one attached hydrogen (secondary N) is 1. The predicted octanol–water partition coefficient (Wildman–Crippen LogP) is 1.76. The van der Waals surface area contributed by atoms with Crippen LogP contribution < -0.4 is 10.1 Å². The molecular weight excluding hydrogens is 354 g/mol. The standard InChI is InChI=1S/C18H21N3O4S/c1-3-25-16-6-4-5-14(11-16)13(2)19-18(22)15-7-8-17-20-26(23,24)10-9-21(17)12-15/h4-8,11-13H,3,9-10H2,1-2H3,(H,19,22)/t13-/m0/s1. The molecule has 3 rings (SSSR count). The lowest BCUT2D eigenvalue weighted by molar-refractivity contribution is -0.117. The number of ether oxygens (including phenoxy) is 1. The van der Waals surface area contributed by atoms with Gasteiger partial charge in [-0.1, -0.05) is 12.1 Å². The quantitative estimate of drug-likeness (QED) is 0.847. The molecule has 7 nitrogen and oxygen atoms in total. The lowest BCUT2D eigenvalue weighted by Gasteiger charge is -2.27. The molecule has 8 heteroatoms. The van der Waals surface area contributed by atoms with Crippen LogP contribution in [-0.2, 0) is 14.8 Å². The fourth-order valence-electron chi connectivity index (χ4n) is 2.74. The third-order valence-electron chi connectivity index (χ3n) is 4.10. The summed E-state index contributed by atoms with van der Waals surface area (Å²) in [7, 11) is -3.40. The lowest BCUT2D eigenvalue weighted by atomic mass is 10.1. The van der Waals surface area contributed by atoms with Crippen LogP contribution in [0.15, 0.2) is 52.6 Å². The summed E-state index contributed by atoms with van der Waals surface area (Å²) in [6, 6.07) is 7.39. The van der Waals surface area contributed by atoms with Crippen LogP contribution in [0.1, 0.15) is 25.5 Å². The number of carbonyl (C=O) groups excluding carboxylic acids is 1. The topological polar surface area (TPSA) is 88.1 Å². The van der Waals surface area contributed by atoms with Crippen molar-refractivity contribution < 1.29 is 17.9 Å². The molecule has 2 heterocycles. The van der Waals surface area contributed by atoms with E-state index in [1.54, 1.807) is 23.3 Å². The second-order valence-corrected chi connectivity index (χ2v) is 7.80. The third kappa shape index (κ3) is 4.13. The summed E-state index contributed by atoms with van der Waals surface area (Å²) < 4.78 is 32.3. The lowest BCUT2D eigenvalue weighted by Crippen LogP contribution is -2.38. The number of sulfonamides is 1. The molecule has 0 aliphatic carbocycles. The molecule has 0 aromatic heterocycles. The van der Waals surface area contributed by atoms with Gasteiger partial charge in [-0.2, -0.15) is 0 Å². The number of fused-ring (bicyclic) bond motifs is 1. The summed E-state index contributed by atoms with van der Waals surface area (Å²) in [5.74, 6) is 0.808. The average Bonchev–Trinajstić information content (AvgIpc) is 2.61. The van der Waals surface area contributed by atoms with E-state index in [-0.39, 0.29) is 24.2 Å². The minimum absolute atomic E-state index is 0.0592. The Bertz CT molecular complexity index is 903. The summed E-state index contributed by atoms with van der Waals surface area (Å²) in [4.78, 5) is 14.2. The van der Waals surface area contributed by atoms with Crippen molar-refractivity contribution in [2.24, 2.45) is 4.40 Å². The molecule has 1 atom stereocenters. The highest BCUT2D eigenvalue weighted by Crippen LogP contribution is 2.21. The molecule has 0 fully saturated rings. The fraction of sp³-hybridized carbons (Fsp3) is 0.333. The minimum Gasteiger partial charge on any atom is -0.494 e. The fourth-order valence-corrected chi connectivity index (χ4v) is 3.71. The molecule has 1 aromatic rings. The van der Waals surface area contributed by atoms with Gasteiger partial charge in [0.05, 0.1) is 24.0 Å². The predicted molar refractivity (Wildman–Crippen MR) is 99.3 cm³/mol. The SMILES string of the molecule is CCOc1cccc([C@H](C)NC(=O)C2=CN3CCS(=O)(=O)N=C3C=C2)c1. The van der Waals surface area contributed by atoms with Gasteiger partial charge in [0.25, 0.3) is 15.9 Å². The van der Waals surface area contributed by atoms with Crippen LogP contribution in [0.2, 0.25) is 0 Å². The van der Waals surface area contributed by atoms with Crippen LogP contribution in [0.3, 0.4) is 0 Å². The van der Waals surface area contributed by atoms with E-state index < -0.39 is 10.0 Å². The molecule has 26 heavy (non-hydrogen) atoms. The minimum atomic E-state index is -3.40. The first-order valence-electron chi connectivity index (χ1n) is 8.41. The van der Waals surface area contributed by atoms with Gasteiger partial charge in [0.1, 0.15) is 11.6 Å². The van der Waals surface area contributed by atoms with Gasteiger partial charge in [-0.3, -0.25) is 4.79 Å². The highest BCUT2D eigenvalue weighted by atomic mass is 32.2. The van der Waals surface area contributed by atoms with Crippen LogP contribution in [0.25, 0.3) is 0 Å². The van der Waals surface area contributed by atoms with E-state index in [0.717, 1.165) is 11.3 Å². The third-order valence-corrected chi connectivity index (χ3v) is 5.27. The number of hydrogen-bond acceptors (Lipinski definition) is 5. The van der Waals surface area contributed by atoms with Crippen LogP contribution in [0, 0.1) is 0 Å². The van der Waals surface area contributed by atoms with E-state index in [0.29, 0.717) is 18.0 Å². The Morgan fingerprint density at radius 3 is 2.96 bits per heavy atom. The number of rotatable bonds is 5. The van der Waals surface area contributed by atoms with E-state index in [1.165, 1.54) is 0 Å². The molecule has 1 aromatic carbocycles. The number of carbonyl (C=O) groups is 1. The van der Waals surface area contributed by atoms with Crippen LogP contribution in [0.5, 0.6) is 5.75 Å². The maximum atomic E-state index is 12.5. The molecule has 2 aliphatic heterocycles. The Hall–Kier alpha value is -2.61. The van der Waals surface area contributed by atoms with Gasteiger partial charge in [0.15, 0.2) is 0 Å². The number of amidine groups is 1. The Morgan fingerprint density at radius 2 is 2.19 bits per heavy atom. The van der Waals surface area contributed by atoms with Crippen molar-refractivity contribution in [1.82, 2.24) is 10.2 Å². The molecular formula is C18H21N3O4S. The number of benzene rings is 1. The van der Waals surface area contributed by atoms with Crippen LogP contribution >= 0.6 is 0 Å². The van der Waals surface area contributed by atoms with Gasteiger partial charge < -0.3 is 15.0 Å². The summed E-state index contributed by atoms with van der Waals surface area (Å²) in [6.07, 6.45) is 4.76. The summed E-state index contributed by atoms with van der Waals surface area (Å²) in [6.45, 7) is 4.69. The zero-order valence-electron chi connectivity index (χ0n) is 14.7. The van der Waals surface area contributed by atoms with Gasteiger partial charge >= 0.3 is 0 Å². The molecule has 0 bridgehead atoms. The molecule has 0 spiro atoms.